The first-order valence-corrected chi connectivity index (χ1v) is 9.88. The lowest BCUT2D eigenvalue weighted by atomic mass is 10.2. The van der Waals surface area contributed by atoms with Gasteiger partial charge < -0.3 is 24.8 Å². The Morgan fingerprint density at radius 3 is 2.52 bits per heavy atom. The molecule has 29 heavy (non-hydrogen) atoms. The van der Waals surface area contributed by atoms with Crippen molar-refractivity contribution in [3.8, 4) is 0 Å². The molecule has 2 aliphatic rings. The first kappa shape index (κ1) is 19.2. The van der Waals surface area contributed by atoms with Crippen molar-refractivity contribution < 1.29 is 14.3 Å². The number of aromatic nitrogens is 1. The van der Waals surface area contributed by atoms with E-state index in [9.17, 15) is 9.59 Å². The Hall–Kier alpha value is -3.13. The number of rotatable bonds is 5. The smallest absolute Gasteiger partial charge is 0.274 e. The summed E-state index contributed by atoms with van der Waals surface area (Å²) in [6.07, 6.45) is 2.54. The van der Waals surface area contributed by atoms with E-state index in [1.165, 1.54) is 0 Å². The lowest BCUT2D eigenvalue weighted by Crippen LogP contribution is -2.45. The molecule has 2 amide bonds. The van der Waals surface area contributed by atoms with Crippen LogP contribution in [0.1, 0.15) is 10.5 Å². The van der Waals surface area contributed by atoms with Gasteiger partial charge >= 0.3 is 0 Å². The van der Waals surface area contributed by atoms with E-state index < -0.39 is 0 Å². The molecule has 4 rings (SSSR count). The molecule has 1 aromatic heterocycles. The minimum Gasteiger partial charge on any atom is -0.378 e. The van der Waals surface area contributed by atoms with E-state index in [-0.39, 0.29) is 5.91 Å². The fraction of sp³-hybridized carbons (Fsp3) is 0.381. The molecule has 8 heteroatoms. The van der Waals surface area contributed by atoms with Gasteiger partial charge in [0, 0.05) is 51.2 Å². The number of nitrogens with zero attached hydrogens (tertiary/aromatic N) is 4. The monoisotopic (exact) mass is 395 g/mol. The summed E-state index contributed by atoms with van der Waals surface area (Å²) in [7, 11) is 0. The molecule has 0 radical (unpaired) electrons. The van der Waals surface area contributed by atoms with Crippen LogP contribution < -0.4 is 15.1 Å². The highest BCUT2D eigenvalue weighted by atomic mass is 16.5. The number of hydrogen-bond donors (Lipinski definition) is 1. The zero-order valence-electron chi connectivity index (χ0n) is 16.3. The number of pyridine rings is 1. The van der Waals surface area contributed by atoms with Crippen LogP contribution in [-0.2, 0) is 9.53 Å². The molecule has 0 aliphatic carbocycles. The predicted octanol–water partition coefficient (Wildman–Crippen LogP) is 1.45. The molecule has 152 valence electrons. The molecule has 0 saturated carbocycles. The SMILES string of the molecule is O=CN1CCN(c2ccnc(C(=O)Nc3ccccc3N3CCOCC3)c2)CC1. The molecule has 0 unspecified atom stereocenters. The Kier molecular flexibility index (Phi) is 5.90. The fourth-order valence-electron chi connectivity index (χ4n) is 3.67. The molecule has 1 N–H and O–H groups in total. The van der Waals surface area contributed by atoms with Crippen molar-refractivity contribution in [2.24, 2.45) is 0 Å². The summed E-state index contributed by atoms with van der Waals surface area (Å²) in [5.41, 5.74) is 3.07. The van der Waals surface area contributed by atoms with Gasteiger partial charge in [-0.3, -0.25) is 14.6 Å². The second-order valence-electron chi connectivity index (χ2n) is 7.10. The number of benzene rings is 1. The van der Waals surface area contributed by atoms with Crippen LogP contribution in [-0.4, -0.2) is 74.7 Å². The molecule has 3 heterocycles. The second kappa shape index (κ2) is 8.91. The maximum Gasteiger partial charge on any atom is 0.274 e. The summed E-state index contributed by atoms with van der Waals surface area (Å²) < 4.78 is 5.43. The van der Waals surface area contributed by atoms with Crippen molar-refractivity contribution >= 4 is 29.4 Å². The Morgan fingerprint density at radius 2 is 1.76 bits per heavy atom. The normalized spacial score (nSPS) is 17.2. The number of nitrogens with one attached hydrogen (secondary N) is 1. The molecule has 1 aromatic carbocycles. The van der Waals surface area contributed by atoms with Crippen molar-refractivity contribution in [2.75, 3.05) is 67.6 Å². The Balaban J connectivity index is 1.48. The van der Waals surface area contributed by atoms with E-state index in [0.717, 1.165) is 49.7 Å². The van der Waals surface area contributed by atoms with Crippen LogP contribution in [0.25, 0.3) is 0 Å². The molecular formula is C21H25N5O3. The Morgan fingerprint density at radius 1 is 1.00 bits per heavy atom. The summed E-state index contributed by atoms with van der Waals surface area (Å²) in [4.78, 5) is 34.2. The van der Waals surface area contributed by atoms with E-state index in [1.807, 2.05) is 36.4 Å². The summed E-state index contributed by atoms with van der Waals surface area (Å²) in [5, 5.41) is 3.01. The van der Waals surface area contributed by atoms with Gasteiger partial charge in [0.05, 0.1) is 24.6 Å². The van der Waals surface area contributed by atoms with E-state index in [4.69, 9.17) is 4.74 Å². The number of anilines is 3. The zero-order chi connectivity index (χ0) is 20.1. The molecule has 2 fully saturated rings. The molecule has 2 aliphatic heterocycles. The predicted molar refractivity (Wildman–Crippen MR) is 112 cm³/mol. The molecule has 2 aromatic rings. The maximum absolute atomic E-state index is 12.9. The number of amides is 2. The standard InChI is InChI=1S/C21H25N5O3/c27-16-24-7-9-25(10-8-24)17-5-6-22-19(15-17)21(28)23-18-3-1-2-4-20(18)26-11-13-29-14-12-26/h1-6,15-16H,7-14H2,(H,23,28). The second-order valence-corrected chi connectivity index (χ2v) is 7.10. The van der Waals surface area contributed by atoms with Gasteiger partial charge in [0.15, 0.2) is 0 Å². The third-order valence-electron chi connectivity index (χ3n) is 5.31. The van der Waals surface area contributed by atoms with Gasteiger partial charge in [0.25, 0.3) is 5.91 Å². The van der Waals surface area contributed by atoms with Crippen molar-refractivity contribution in [3.05, 3.63) is 48.3 Å². The highest BCUT2D eigenvalue weighted by Gasteiger charge is 2.19. The van der Waals surface area contributed by atoms with Crippen LogP contribution in [0.2, 0.25) is 0 Å². The van der Waals surface area contributed by atoms with Crippen LogP contribution in [0, 0.1) is 0 Å². The highest BCUT2D eigenvalue weighted by molar-refractivity contribution is 6.05. The van der Waals surface area contributed by atoms with Crippen molar-refractivity contribution in [2.45, 2.75) is 0 Å². The summed E-state index contributed by atoms with van der Waals surface area (Å²) in [5.74, 6) is -0.237. The zero-order valence-corrected chi connectivity index (χ0v) is 16.3. The minimum absolute atomic E-state index is 0.237. The summed E-state index contributed by atoms with van der Waals surface area (Å²) >= 11 is 0. The van der Waals surface area contributed by atoms with Crippen molar-refractivity contribution in [1.82, 2.24) is 9.88 Å². The van der Waals surface area contributed by atoms with Crippen LogP contribution in [0.4, 0.5) is 17.1 Å². The van der Waals surface area contributed by atoms with Gasteiger partial charge in [-0.1, -0.05) is 12.1 Å². The molecule has 8 nitrogen and oxygen atoms in total. The summed E-state index contributed by atoms with van der Waals surface area (Å²) in [6.45, 7) is 5.81. The topological polar surface area (TPSA) is 78.0 Å². The lowest BCUT2D eigenvalue weighted by Gasteiger charge is -2.34. The lowest BCUT2D eigenvalue weighted by molar-refractivity contribution is -0.118. The number of morpholine rings is 1. The van der Waals surface area contributed by atoms with E-state index in [2.05, 4.69) is 20.1 Å². The third-order valence-corrected chi connectivity index (χ3v) is 5.31. The van der Waals surface area contributed by atoms with Gasteiger partial charge in [-0.15, -0.1) is 0 Å². The number of piperazine rings is 1. The molecule has 0 spiro atoms. The van der Waals surface area contributed by atoms with Crippen molar-refractivity contribution in [1.29, 1.82) is 0 Å². The number of para-hydroxylation sites is 2. The van der Waals surface area contributed by atoms with Crippen molar-refractivity contribution in [3.63, 3.8) is 0 Å². The largest absolute Gasteiger partial charge is 0.378 e. The molecule has 0 bridgehead atoms. The number of carbonyl (C=O) groups excluding carboxylic acids is 2. The first-order chi connectivity index (χ1) is 14.2. The Labute approximate surface area is 170 Å². The maximum atomic E-state index is 12.9. The first-order valence-electron chi connectivity index (χ1n) is 9.88. The number of ether oxygens (including phenoxy) is 1. The van der Waals surface area contributed by atoms with Gasteiger partial charge in [-0.2, -0.15) is 0 Å². The molecular weight excluding hydrogens is 370 g/mol. The van der Waals surface area contributed by atoms with Crippen LogP contribution >= 0.6 is 0 Å². The molecule has 0 atom stereocenters. The highest BCUT2D eigenvalue weighted by Crippen LogP contribution is 2.27. The van der Waals surface area contributed by atoms with Gasteiger partial charge in [0.1, 0.15) is 5.69 Å². The average Bonchev–Trinajstić information content (AvgIpc) is 2.80. The van der Waals surface area contributed by atoms with Crippen LogP contribution in [0.3, 0.4) is 0 Å². The number of hydrogen-bond acceptors (Lipinski definition) is 6. The third kappa shape index (κ3) is 4.48. The van der Waals surface area contributed by atoms with E-state index in [1.54, 1.807) is 11.1 Å². The average molecular weight is 395 g/mol. The van der Waals surface area contributed by atoms with E-state index >= 15 is 0 Å². The Bertz CT molecular complexity index is 861. The van der Waals surface area contributed by atoms with Crippen LogP contribution in [0.15, 0.2) is 42.6 Å². The quantitative estimate of drug-likeness (QED) is 0.772. The van der Waals surface area contributed by atoms with Crippen LogP contribution in [0.5, 0.6) is 0 Å². The number of carbonyl (C=O) groups is 2. The summed E-state index contributed by atoms with van der Waals surface area (Å²) in [6, 6.07) is 11.5. The van der Waals surface area contributed by atoms with Gasteiger partial charge in [-0.25, -0.2) is 0 Å². The van der Waals surface area contributed by atoms with E-state index in [0.29, 0.717) is 32.0 Å². The fourth-order valence-corrected chi connectivity index (χ4v) is 3.67. The van der Waals surface area contributed by atoms with Gasteiger partial charge in [-0.05, 0) is 24.3 Å². The minimum atomic E-state index is -0.237. The molecule has 2 saturated heterocycles. The van der Waals surface area contributed by atoms with Gasteiger partial charge in [0.2, 0.25) is 6.41 Å².